The van der Waals surface area contributed by atoms with Crippen molar-refractivity contribution in [1.82, 2.24) is 4.90 Å². The number of nitrogens with two attached hydrogens (primary N) is 1. The van der Waals surface area contributed by atoms with E-state index in [1.165, 1.54) is 24.0 Å². The second-order valence-electron chi connectivity index (χ2n) is 6.58. The van der Waals surface area contributed by atoms with Gasteiger partial charge < -0.3 is 10.6 Å². The van der Waals surface area contributed by atoms with Crippen LogP contribution in [0, 0.1) is 25.7 Å². The number of carbonyl (C=O) groups excluding carboxylic acids is 1. The first-order chi connectivity index (χ1) is 9.54. The number of hydrogen-bond donors (Lipinski definition) is 1. The van der Waals surface area contributed by atoms with Crippen LogP contribution in [0.15, 0.2) is 18.2 Å². The quantitative estimate of drug-likeness (QED) is 0.912. The lowest BCUT2D eigenvalue weighted by Gasteiger charge is -2.36. The Hall–Kier alpha value is -1.06. The molecule has 2 N–H and O–H groups in total. The van der Waals surface area contributed by atoms with Gasteiger partial charge in [-0.3, -0.25) is 4.79 Å². The van der Waals surface area contributed by atoms with E-state index in [1.54, 1.807) is 0 Å². The minimum Gasteiger partial charge on any atom is -0.342 e. The summed E-state index contributed by atoms with van der Waals surface area (Å²) in [6.07, 6.45) is 2.92. The summed E-state index contributed by atoms with van der Waals surface area (Å²) in [7, 11) is 0. The van der Waals surface area contributed by atoms with Crippen LogP contribution in [0.4, 0.5) is 0 Å². The molecule has 0 radical (unpaired) electrons. The average molecular weight is 309 g/mol. The van der Waals surface area contributed by atoms with Gasteiger partial charge in [-0.2, -0.15) is 0 Å². The lowest BCUT2D eigenvalue weighted by atomic mass is 9.92. The molecular formula is C17H25ClN2O. The van der Waals surface area contributed by atoms with Gasteiger partial charge in [0, 0.05) is 19.1 Å². The zero-order valence-corrected chi connectivity index (χ0v) is 13.7. The smallest absolute Gasteiger partial charge is 0.227 e. The Bertz CT molecular complexity index is 518. The number of piperidine rings is 1. The van der Waals surface area contributed by atoms with E-state index in [9.17, 15) is 4.79 Å². The number of hydrogen-bond acceptors (Lipinski definition) is 2. The van der Waals surface area contributed by atoms with Crippen molar-refractivity contribution in [2.45, 2.75) is 39.2 Å². The predicted molar refractivity (Wildman–Crippen MR) is 87.6 cm³/mol. The molecule has 0 aromatic heterocycles. The second-order valence-corrected chi connectivity index (χ2v) is 6.58. The van der Waals surface area contributed by atoms with Crippen LogP contribution >= 0.6 is 12.4 Å². The minimum atomic E-state index is 0. The van der Waals surface area contributed by atoms with Gasteiger partial charge in [0.2, 0.25) is 5.91 Å². The third-order valence-electron chi connectivity index (χ3n) is 5.11. The van der Waals surface area contributed by atoms with Gasteiger partial charge in [0.05, 0.1) is 6.42 Å². The first-order valence-electron chi connectivity index (χ1n) is 7.64. The molecule has 3 rings (SSSR count). The SMILES string of the molecule is Cc1ccc(C)c(CC(=O)N2C[C@H]3CC[C@@H](C2)C3N)c1.Cl. The fourth-order valence-corrected chi connectivity index (χ4v) is 3.73. The normalized spacial score (nSPS) is 27.4. The molecule has 3 atom stereocenters. The molecule has 4 heteroatoms. The van der Waals surface area contributed by atoms with Crippen molar-refractivity contribution in [1.29, 1.82) is 0 Å². The Morgan fingerprint density at radius 3 is 2.48 bits per heavy atom. The highest BCUT2D eigenvalue weighted by atomic mass is 35.5. The number of halogens is 1. The van der Waals surface area contributed by atoms with E-state index < -0.39 is 0 Å². The molecule has 0 spiro atoms. The first-order valence-corrected chi connectivity index (χ1v) is 7.64. The molecule has 1 aromatic rings. The first kappa shape index (κ1) is 16.3. The number of amides is 1. The molecule has 3 nitrogen and oxygen atoms in total. The van der Waals surface area contributed by atoms with Crippen molar-refractivity contribution < 1.29 is 4.79 Å². The third kappa shape index (κ3) is 3.24. The van der Waals surface area contributed by atoms with E-state index in [2.05, 4.69) is 32.0 Å². The van der Waals surface area contributed by atoms with Crippen LogP contribution in [0.1, 0.15) is 29.5 Å². The van der Waals surface area contributed by atoms with Gasteiger partial charge >= 0.3 is 0 Å². The summed E-state index contributed by atoms with van der Waals surface area (Å²) < 4.78 is 0. The number of benzene rings is 1. The summed E-state index contributed by atoms with van der Waals surface area (Å²) in [4.78, 5) is 14.6. The van der Waals surface area contributed by atoms with Crippen molar-refractivity contribution in [2.75, 3.05) is 13.1 Å². The van der Waals surface area contributed by atoms with E-state index in [0.29, 0.717) is 24.3 Å². The van der Waals surface area contributed by atoms with Gasteiger partial charge in [-0.15, -0.1) is 12.4 Å². The maximum atomic E-state index is 12.5. The molecule has 1 amide bonds. The molecule has 1 aliphatic heterocycles. The van der Waals surface area contributed by atoms with Crippen LogP contribution in [0.3, 0.4) is 0 Å². The fraction of sp³-hybridized carbons (Fsp3) is 0.588. The molecule has 2 bridgehead atoms. The number of likely N-dealkylation sites (tertiary alicyclic amines) is 1. The van der Waals surface area contributed by atoms with Crippen LogP contribution in [0.2, 0.25) is 0 Å². The summed E-state index contributed by atoms with van der Waals surface area (Å²) in [5.41, 5.74) is 9.80. The third-order valence-corrected chi connectivity index (χ3v) is 5.11. The Morgan fingerprint density at radius 1 is 1.24 bits per heavy atom. The Kier molecular flexibility index (Phi) is 4.95. The molecule has 2 aliphatic rings. The largest absolute Gasteiger partial charge is 0.342 e. The number of rotatable bonds is 2. The molecule has 1 aliphatic carbocycles. The molecule has 116 valence electrons. The van der Waals surface area contributed by atoms with Gasteiger partial charge in [0.25, 0.3) is 0 Å². The molecule has 1 unspecified atom stereocenters. The summed E-state index contributed by atoms with van der Waals surface area (Å²) in [5.74, 6) is 1.31. The molecule has 2 fully saturated rings. The summed E-state index contributed by atoms with van der Waals surface area (Å²) in [5, 5.41) is 0. The van der Waals surface area contributed by atoms with Crippen LogP contribution in [0.25, 0.3) is 0 Å². The van der Waals surface area contributed by atoms with Crippen LogP contribution in [-0.2, 0) is 11.2 Å². The molecule has 21 heavy (non-hydrogen) atoms. The van der Waals surface area contributed by atoms with E-state index in [0.717, 1.165) is 18.7 Å². The summed E-state index contributed by atoms with van der Waals surface area (Å²) >= 11 is 0. The number of fused-ring (bicyclic) bond motifs is 2. The summed E-state index contributed by atoms with van der Waals surface area (Å²) in [6.45, 7) is 5.88. The zero-order chi connectivity index (χ0) is 14.3. The standard InChI is InChI=1S/C17H24N2O.ClH/c1-11-3-4-12(2)15(7-11)8-16(20)19-9-13-5-6-14(10-19)17(13)18;/h3-4,7,13-14,17H,5-6,8-10,18H2,1-2H3;1H/t13-,14+,17?;. The predicted octanol–water partition coefficient (Wildman–Crippen LogP) is 2.46. The van der Waals surface area contributed by atoms with Crippen molar-refractivity contribution >= 4 is 18.3 Å². The van der Waals surface area contributed by atoms with Gasteiger partial charge in [-0.25, -0.2) is 0 Å². The van der Waals surface area contributed by atoms with Crippen LogP contribution in [-0.4, -0.2) is 29.9 Å². The topological polar surface area (TPSA) is 46.3 Å². The van der Waals surface area contributed by atoms with E-state index in [4.69, 9.17) is 5.73 Å². The van der Waals surface area contributed by atoms with E-state index in [1.807, 2.05) is 4.90 Å². The second kappa shape index (κ2) is 6.37. The Morgan fingerprint density at radius 2 is 1.86 bits per heavy atom. The molecule has 1 saturated heterocycles. The fourth-order valence-electron chi connectivity index (χ4n) is 3.73. The van der Waals surface area contributed by atoms with Crippen molar-refractivity contribution in [3.8, 4) is 0 Å². The summed E-state index contributed by atoms with van der Waals surface area (Å²) in [6, 6.07) is 6.66. The maximum Gasteiger partial charge on any atom is 0.227 e. The monoisotopic (exact) mass is 308 g/mol. The highest BCUT2D eigenvalue weighted by molar-refractivity contribution is 5.85. The molecular weight excluding hydrogens is 284 g/mol. The number of aryl methyl sites for hydroxylation is 2. The lowest BCUT2D eigenvalue weighted by Crippen LogP contribution is -2.51. The Balaban J connectivity index is 0.00000161. The van der Waals surface area contributed by atoms with Gasteiger partial charge in [0.1, 0.15) is 0 Å². The Labute approximate surface area is 133 Å². The number of nitrogens with zero attached hydrogens (tertiary/aromatic N) is 1. The van der Waals surface area contributed by atoms with Gasteiger partial charge in [0.15, 0.2) is 0 Å². The number of carbonyl (C=O) groups is 1. The van der Waals surface area contributed by atoms with Crippen molar-refractivity contribution in [2.24, 2.45) is 17.6 Å². The van der Waals surface area contributed by atoms with Gasteiger partial charge in [-0.05, 0) is 49.7 Å². The highest BCUT2D eigenvalue weighted by Gasteiger charge is 2.41. The zero-order valence-electron chi connectivity index (χ0n) is 12.8. The van der Waals surface area contributed by atoms with Crippen molar-refractivity contribution in [3.05, 3.63) is 34.9 Å². The van der Waals surface area contributed by atoms with Crippen molar-refractivity contribution in [3.63, 3.8) is 0 Å². The highest BCUT2D eigenvalue weighted by Crippen LogP contribution is 2.35. The van der Waals surface area contributed by atoms with Gasteiger partial charge in [-0.1, -0.05) is 23.8 Å². The van der Waals surface area contributed by atoms with E-state index in [-0.39, 0.29) is 18.3 Å². The molecule has 1 saturated carbocycles. The minimum absolute atomic E-state index is 0. The lowest BCUT2D eigenvalue weighted by molar-refractivity contribution is -0.132. The maximum absolute atomic E-state index is 12.5. The molecule has 1 aromatic carbocycles. The van der Waals surface area contributed by atoms with Crippen LogP contribution in [0.5, 0.6) is 0 Å². The average Bonchev–Trinajstić information content (AvgIpc) is 2.65. The van der Waals surface area contributed by atoms with E-state index >= 15 is 0 Å². The molecule has 1 heterocycles. The van der Waals surface area contributed by atoms with Crippen LogP contribution < -0.4 is 5.73 Å².